The van der Waals surface area contributed by atoms with Crippen molar-refractivity contribution >= 4 is 0 Å². The molecule has 1 aromatic carbocycles. The first kappa shape index (κ1) is 20.1. The van der Waals surface area contributed by atoms with Gasteiger partial charge < -0.3 is 4.74 Å². The molecule has 2 saturated carbocycles. The summed E-state index contributed by atoms with van der Waals surface area (Å²) in [5, 5.41) is 8.54. The first-order valence-corrected chi connectivity index (χ1v) is 10.7. The maximum atomic E-state index is 13.1. The number of halogens is 1. The Hall–Kier alpha value is -1.66. The van der Waals surface area contributed by atoms with E-state index in [2.05, 4.69) is 31.2 Å². The van der Waals surface area contributed by atoms with E-state index in [0.29, 0.717) is 17.9 Å². The lowest BCUT2D eigenvalue weighted by Gasteiger charge is -2.32. The smallest absolute Gasteiger partial charge is 0.196 e. The molecule has 27 heavy (non-hydrogen) atoms. The molecule has 146 valence electrons. The molecule has 0 spiro atoms. The highest BCUT2D eigenvalue weighted by Gasteiger charge is 2.25. The van der Waals surface area contributed by atoms with Crippen molar-refractivity contribution in [1.82, 2.24) is 0 Å². The van der Waals surface area contributed by atoms with Crippen LogP contribution in [0.15, 0.2) is 36.2 Å². The van der Waals surface area contributed by atoms with Crippen molar-refractivity contribution in [2.45, 2.75) is 76.7 Å². The number of nitriles is 1. The van der Waals surface area contributed by atoms with Crippen LogP contribution in [0.5, 0.6) is 0 Å². The van der Waals surface area contributed by atoms with Gasteiger partial charge in [-0.1, -0.05) is 31.2 Å². The molecule has 0 saturated heterocycles. The molecule has 3 rings (SSSR count). The summed E-state index contributed by atoms with van der Waals surface area (Å²) in [5.41, 5.74) is 2.92. The molecule has 2 aliphatic carbocycles. The normalized spacial score (nSPS) is 29.3. The second-order valence-electron chi connectivity index (χ2n) is 8.31. The fourth-order valence-corrected chi connectivity index (χ4v) is 4.63. The van der Waals surface area contributed by atoms with E-state index < -0.39 is 5.83 Å². The maximum Gasteiger partial charge on any atom is 0.196 e. The first-order valence-electron chi connectivity index (χ1n) is 10.7. The Labute approximate surface area is 163 Å². The van der Waals surface area contributed by atoms with Crippen molar-refractivity contribution in [2.24, 2.45) is 11.8 Å². The molecule has 2 aliphatic rings. The molecule has 0 N–H and O–H groups in total. The second-order valence-corrected chi connectivity index (χ2v) is 8.31. The average molecular weight is 370 g/mol. The molecular formula is C24H32FNO. The number of ether oxygens (including phenoxy) is 1. The summed E-state index contributed by atoms with van der Waals surface area (Å²) in [5.74, 6) is 0.966. The lowest BCUT2D eigenvalue weighted by atomic mass is 9.79. The minimum absolute atomic E-state index is 0.207. The molecule has 0 aromatic heterocycles. The number of nitrogens with zero attached hydrogens (tertiary/aromatic N) is 1. The van der Waals surface area contributed by atoms with E-state index >= 15 is 0 Å². The number of hydrogen-bond donors (Lipinski definition) is 0. The Kier molecular flexibility index (Phi) is 7.47. The minimum Gasteiger partial charge on any atom is -0.378 e. The largest absolute Gasteiger partial charge is 0.378 e. The summed E-state index contributed by atoms with van der Waals surface area (Å²) < 4.78 is 19.3. The highest BCUT2D eigenvalue weighted by Crippen LogP contribution is 2.36. The third-order valence-corrected chi connectivity index (χ3v) is 6.48. The van der Waals surface area contributed by atoms with E-state index in [1.54, 1.807) is 6.07 Å². The van der Waals surface area contributed by atoms with Crippen LogP contribution in [0.3, 0.4) is 0 Å². The van der Waals surface area contributed by atoms with Gasteiger partial charge in [0.2, 0.25) is 0 Å². The van der Waals surface area contributed by atoms with Gasteiger partial charge in [-0.15, -0.1) is 0 Å². The molecule has 0 aliphatic heterocycles. The van der Waals surface area contributed by atoms with Gasteiger partial charge in [0.25, 0.3) is 0 Å². The van der Waals surface area contributed by atoms with Gasteiger partial charge in [-0.25, -0.2) is 0 Å². The Morgan fingerprint density at radius 2 is 1.74 bits per heavy atom. The number of benzene rings is 1. The molecule has 2 nitrogen and oxygen atoms in total. The van der Waals surface area contributed by atoms with Crippen molar-refractivity contribution in [1.29, 1.82) is 5.26 Å². The zero-order valence-electron chi connectivity index (χ0n) is 16.5. The average Bonchev–Trinajstić information content (AvgIpc) is 2.73. The van der Waals surface area contributed by atoms with Gasteiger partial charge in [-0.05, 0) is 92.7 Å². The molecule has 2 fully saturated rings. The van der Waals surface area contributed by atoms with Gasteiger partial charge in [0.1, 0.15) is 6.07 Å². The molecule has 1 aromatic rings. The molecule has 0 amide bonds. The Morgan fingerprint density at radius 1 is 1.07 bits per heavy atom. The van der Waals surface area contributed by atoms with Gasteiger partial charge in [-0.2, -0.15) is 9.65 Å². The van der Waals surface area contributed by atoms with Crippen LogP contribution in [-0.2, 0) is 11.2 Å². The van der Waals surface area contributed by atoms with Crippen LogP contribution in [0, 0.1) is 23.2 Å². The predicted molar refractivity (Wildman–Crippen MR) is 107 cm³/mol. The Balaban J connectivity index is 1.36. The standard InChI is InChI=1S/C24H32FNO/c1-2-18-3-9-21(10-4-18)22-11-5-20(6-12-22)17-27-24-13-7-19(8-14-24)15-23(25)16-26/h3-4,9-10,15,19-20,22,24H,2,5-8,11-14,17H2,1H3/b23-15+. The van der Waals surface area contributed by atoms with Gasteiger partial charge >= 0.3 is 0 Å². The summed E-state index contributed by atoms with van der Waals surface area (Å²) in [4.78, 5) is 0. The SMILES string of the molecule is CCc1ccc(C2CCC(COC3CCC(/C=C(/F)C#N)CC3)CC2)cc1. The van der Waals surface area contributed by atoms with Gasteiger partial charge in [0.05, 0.1) is 6.10 Å². The zero-order chi connectivity index (χ0) is 19.1. The van der Waals surface area contributed by atoms with Crippen LogP contribution >= 0.6 is 0 Å². The lowest BCUT2D eigenvalue weighted by molar-refractivity contribution is -0.00465. The van der Waals surface area contributed by atoms with Crippen molar-refractivity contribution < 1.29 is 9.13 Å². The third-order valence-electron chi connectivity index (χ3n) is 6.48. The topological polar surface area (TPSA) is 33.0 Å². The van der Waals surface area contributed by atoms with Gasteiger partial charge in [0, 0.05) is 6.61 Å². The molecular weight excluding hydrogens is 337 g/mol. The Bertz CT molecular complexity index is 644. The van der Waals surface area contributed by atoms with E-state index in [0.717, 1.165) is 38.7 Å². The van der Waals surface area contributed by atoms with Crippen molar-refractivity contribution in [3.05, 3.63) is 47.3 Å². The van der Waals surface area contributed by atoms with Gasteiger partial charge in [-0.3, -0.25) is 0 Å². The maximum absolute atomic E-state index is 13.1. The summed E-state index contributed by atoms with van der Waals surface area (Å²) in [6.07, 6.45) is 11.8. The quantitative estimate of drug-likeness (QED) is 0.538. The monoisotopic (exact) mass is 369 g/mol. The van der Waals surface area contributed by atoms with Crippen LogP contribution in [0.4, 0.5) is 4.39 Å². The van der Waals surface area contributed by atoms with Gasteiger partial charge in [0.15, 0.2) is 5.83 Å². The van der Waals surface area contributed by atoms with E-state index in [1.165, 1.54) is 42.9 Å². The van der Waals surface area contributed by atoms with Crippen molar-refractivity contribution in [3.63, 3.8) is 0 Å². The van der Waals surface area contributed by atoms with E-state index in [-0.39, 0.29) is 5.92 Å². The van der Waals surface area contributed by atoms with E-state index in [1.807, 2.05) is 0 Å². The fourth-order valence-electron chi connectivity index (χ4n) is 4.63. The van der Waals surface area contributed by atoms with Crippen LogP contribution in [0.1, 0.15) is 75.3 Å². The summed E-state index contributed by atoms with van der Waals surface area (Å²) in [7, 11) is 0. The third kappa shape index (κ3) is 5.91. The number of allylic oxidation sites excluding steroid dienone is 2. The van der Waals surface area contributed by atoms with E-state index in [4.69, 9.17) is 10.00 Å². The highest BCUT2D eigenvalue weighted by molar-refractivity contribution is 5.25. The molecule has 3 heteroatoms. The Morgan fingerprint density at radius 3 is 2.33 bits per heavy atom. The number of aryl methyl sites for hydroxylation is 1. The minimum atomic E-state index is -0.638. The van der Waals surface area contributed by atoms with E-state index in [9.17, 15) is 4.39 Å². The lowest BCUT2D eigenvalue weighted by Crippen LogP contribution is -2.25. The van der Waals surface area contributed by atoms with Crippen LogP contribution in [0.2, 0.25) is 0 Å². The molecule has 0 bridgehead atoms. The molecule has 0 radical (unpaired) electrons. The fraction of sp³-hybridized carbons (Fsp3) is 0.625. The number of rotatable bonds is 6. The molecule has 0 unspecified atom stereocenters. The second kappa shape index (κ2) is 10.0. The van der Waals surface area contributed by atoms with Crippen molar-refractivity contribution in [3.8, 4) is 6.07 Å². The molecule has 0 atom stereocenters. The highest BCUT2D eigenvalue weighted by atomic mass is 19.1. The van der Waals surface area contributed by atoms with Crippen molar-refractivity contribution in [2.75, 3.05) is 6.61 Å². The van der Waals surface area contributed by atoms with Crippen LogP contribution in [0.25, 0.3) is 0 Å². The summed E-state index contributed by atoms with van der Waals surface area (Å²) >= 11 is 0. The number of hydrogen-bond acceptors (Lipinski definition) is 2. The zero-order valence-corrected chi connectivity index (χ0v) is 16.5. The van der Waals surface area contributed by atoms with Crippen LogP contribution in [-0.4, -0.2) is 12.7 Å². The summed E-state index contributed by atoms with van der Waals surface area (Å²) in [6.45, 7) is 3.08. The van der Waals surface area contributed by atoms with Crippen LogP contribution < -0.4 is 0 Å². The first-order chi connectivity index (χ1) is 13.2. The molecule has 0 heterocycles. The summed E-state index contributed by atoms with van der Waals surface area (Å²) in [6, 6.07) is 10.8. The predicted octanol–water partition coefficient (Wildman–Crippen LogP) is 6.48.